The SMILES string of the molecule is NC(=O)c1c(NC(=O)[C@@H]2CC=CC[C@H]2C(=O)O)sc2c1CCc1ccccc1-2. The van der Waals surface area contributed by atoms with Crippen molar-refractivity contribution in [1.82, 2.24) is 0 Å². The van der Waals surface area contributed by atoms with Crippen LogP contribution in [0, 0.1) is 11.8 Å². The van der Waals surface area contributed by atoms with Gasteiger partial charge in [0.05, 0.1) is 17.4 Å². The monoisotopic (exact) mass is 396 g/mol. The summed E-state index contributed by atoms with van der Waals surface area (Å²) in [5.74, 6) is -3.39. The molecular formula is C21H20N2O4S. The molecule has 0 fully saturated rings. The molecule has 1 aromatic carbocycles. The number of carboxylic acids is 1. The number of anilines is 1. The van der Waals surface area contributed by atoms with Crippen LogP contribution in [0.15, 0.2) is 36.4 Å². The van der Waals surface area contributed by atoms with Crippen LogP contribution in [0.3, 0.4) is 0 Å². The Morgan fingerprint density at radius 2 is 1.79 bits per heavy atom. The second-order valence-corrected chi connectivity index (χ2v) is 8.14. The number of carboxylic acid groups (broad SMARTS) is 1. The van der Waals surface area contributed by atoms with Crippen LogP contribution in [0.4, 0.5) is 5.00 Å². The molecule has 0 saturated carbocycles. The van der Waals surface area contributed by atoms with Crippen LogP contribution in [-0.4, -0.2) is 22.9 Å². The highest BCUT2D eigenvalue weighted by atomic mass is 32.1. The van der Waals surface area contributed by atoms with E-state index in [1.54, 1.807) is 6.08 Å². The number of nitrogens with two attached hydrogens (primary N) is 1. The van der Waals surface area contributed by atoms with Crippen LogP contribution in [0.5, 0.6) is 0 Å². The predicted octanol–water partition coefficient (Wildman–Crippen LogP) is 3.22. The molecule has 4 N–H and O–H groups in total. The van der Waals surface area contributed by atoms with E-state index in [1.807, 2.05) is 24.3 Å². The van der Waals surface area contributed by atoms with E-state index in [0.717, 1.165) is 22.4 Å². The Bertz CT molecular complexity index is 1010. The molecule has 2 aliphatic carbocycles. The van der Waals surface area contributed by atoms with Gasteiger partial charge >= 0.3 is 5.97 Å². The number of carbonyl (C=O) groups excluding carboxylic acids is 2. The molecule has 0 bridgehead atoms. The van der Waals surface area contributed by atoms with Gasteiger partial charge in [-0.25, -0.2) is 0 Å². The number of amides is 2. The highest BCUT2D eigenvalue weighted by molar-refractivity contribution is 7.20. The highest BCUT2D eigenvalue weighted by Crippen LogP contribution is 2.45. The fourth-order valence-electron chi connectivity index (χ4n) is 4.07. The maximum absolute atomic E-state index is 12.9. The summed E-state index contributed by atoms with van der Waals surface area (Å²) in [4.78, 5) is 37.5. The minimum Gasteiger partial charge on any atom is -0.481 e. The molecule has 1 heterocycles. The first-order valence-corrected chi connectivity index (χ1v) is 10.0. The van der Waals surface area contributed by atoms with E-state index < -0.39 is 23.7 Å². The van der Waals surface area contributed by atoms with Crippen molar-refractivity contribution >= 4 is 34.1 Å². The van der Waals surface area contributed by atoms with Gasteiger partial charge in [0.15, 0.2) is 0 Å². The van der Waals surface area contributed by atoms with E-state index in [2.05, 4.69) is 11.4 Å². The van der Waals surface area contributed by atoms with Crippen LogP contribution in [0.25, 0.3) is 10.4 Å². The zero-order chi connectivity index (χ0) is 19.8. The summed E-state index contributed by atoms with van der Waals surface area (Å²) >= 11 is 1.34. The number of primary amides is 1. The summed E-state index contributed by atoms with van der Waals surface area (Å²) in [6.45, 7) is 0. The van der Waals surface area contributed by atoms with E-state index >= 15 is 0 Å². The highest BCUT2D eigenvalue weighted by Gasteiger charge is 2.35. The third-order valence-corrected chi connectivity index (χ3v) is 6.66. The fourth-order valence-corrected chi connectivity index (χ4v) is 5.39. The average molecular weight is 396 g/mol. The Morgan fingerprint density at radius 3 is 2.50 bits per heavy atom. The number of rotatable bonds is 4. The van der Waals surface area contributed by atoms with Gasteiger partial charge in [-0.2, -0.15) is 0 Å². The molecule has 0 unspecified atom stereocenters. The van der Waals surface area contributed by atoms with Gasteiger partial charge in [-0.15, -0.1) is 11.3 Å². The molecule has 7 heteroatoms. The van der Waals surface area contributed by atoms with Crippen molar-refractivity contribution < 1.29 is 19.5 Å². The van der Waals surface area contributed by atoms with Gasteiger partial charge in [0, 0.05) is 4.88 Å². The first-order valence-electron chi connectivity index (χ1n) is 9.19. The van der Waals surface area contributed by atoms with E-state index in [-0.39, 0.29) is 5.91 Å². The zero-order valence-corrected chi connectivity index (χ0v) is 15.9. The molecule has 0 aliphatic heterocycles. The lowest BCUT2D eigenvalue weighted by atomic mass is 9.82. The number of thiophene rings is 1. The minimum absolute atomic E-state index is 0.324. The Morgan fingerprint density at radius 1 is 1.07 bits per heavy atom. The summed E-state index contributed by atoms with van der Waals surface area (Å²) < 4.78 is 0. The number of aryl methyl sites for hydroxylation is 1. The van der Waals surface area contributed by atoms with E-state index in [1.165, 1.54) is 16.9 Å². The molecule has 6 nitrogen and oxygen atoms in total. The molecule has 2 amide bonds. The molecule has 4 rings (SSSR count). The molecule has 2 atom stereocenters. The molecule has 2 aromatic rings. The molecule has 0 radical (unpaired) electrons. The Balaban J connectivity index is 1.70. The van der Waals surface area contributed by atoms with E-state index in [0.29, 0.717) is 29.8 Å². The molecule has 144 valence electrons. The van der Waals surface area contributed by atoms with E-state index in [4.69, 9.17) is 5.73 Å². The molecule has 0 spiro atoms. The summed E-state index contributed by atoms with van der Waals surface area (Å²) in [6, 6.07) is 8.00. The maximum Gasteiger partial charge on any atom is 0.307 e. The van der Waals surface area contributed by atoms with Gasteiger partial charge < -0.3 is 16.2 Å². The number of fused-ring (bicyclic) bond motifs is 3. The second kappa shape index (κ2) is 7.24. The lowest BCUT2D eigenvalue weighted by molar-refractivity contribution is -0.146. The van der Waals surface area contributed by atoms with Crippen molar-refractivity contribution in [3.05, 3.63) is 53.1 Å². The van der Waals surface area contributed by atoms with Gasteiger partial charge in [-0.05, 0) is 42.4 Å². The minimum atomic E-state index is -0.987. The summed E-state index contributed by atoms with van der Waals surface area (Å²) in [5, 5.41) is 12.7. The van der Waals surface area contributed by atoms with Crippen molar-refractivity contribution in [2.24, 2.45) is 17.6 Å². The van der Waals surface area contributed by atoms with Gasteiger partial charge in [-0.1, -0.05) is 36.4 Å². The lowest BCUT2D eigenvalue weighted by Crippen LogP contribution is -2.35. The molecule has 0 saturated heterocycles. The summed E-state index contributed by atoms with van der Waals surface area (Å²) in [7, 11) is 0. The number of hydrogen-bond donors (Lipinski definition) is 3. The third kappa shape index (κ3) is 3.11. The van der Waals surface area contributed by atoms with Gasteiger partial charge in [0.1, 0.15) is 5.00 Å². The fraction of sp³-hybridized carbons (Fsp3) is 0.286. The number of aliphatic carboxylic acids is 1. The topological polar surface area (TPSA) is 109 Å². The third-order valence-electron chi connectivity index (χ3n) is 5.48. The quantitative estimate of drug-likeness (QED) is 0.689. The van der Waals surface area contributed by atoms with Crippen LogP contribution < -0.4 is 11.1 Å². The molecule has 1 aromatic heterocycles. The van der Waals surface area contributed by atoms with Crippen LogP contribution in [0.1, 0.15) is 34.3 Å². The van der Waals surface area contributed by atoms with Crippen LogP contribution in [0.2, 0.25) is 0 Å². The molecule has 28 heavy (non-hydrogen) atoms. The molecule has 2 aliphatic rings. The van der Waals surface area contributed by atoms with Crippen molar-refractivity contribution in [1.29, 1.82) is 0 Å². The number of carbonyl (C=O) groups is 3. The lowest BCUT2D eigenvalue weighted by Gasteiger charge is -2.24. The van der Waals surface area contributed by atoms with Crippen LogP contribution in [-0.2, 0) is 22.4 Å². The number of hydrogen-bond acceptors (Lipinski definition) is 4. The predicted molar refractivity (Wildman–Crippen MR) is 107 cm³/mol. The number of nitrogens with one attached hydrogen (secondary N) is 1. The standard InChI is InChI=1S/C21H20N2O4S/c22-18(24)16-15-10-9-11-5-1-2-6-12(11)17(15)28-20(16)23-19(25)13-7-3-4-8-14(13)21(26)27/h1-6,13-14H,7-10H2,(H2,22,24)(H,23,25)(H,26,27)/t13-,14-/m1/s1. The van der Waals surface area contributed by atoms with E-state index in [9.17, 15) is 19.5 Å². The van der Waals surface area contributed by atoms with Gasteiger partial charge in [-0.3, -0.25) is 14.4 Å². The maximum atomic E-state index is 12.9. The molecular weight excluding hydrogens is 376 g/mol. The first-order chi connectivity index (χ1) is 13.5. The smallest absolute Gasteiger partial charge is 0.307 e. The summed E-state index contributed by atoms with van der Waals surface area (Å²) in [6.07, 6.45) is 5.79. The Labute approximate surface area is 166 Å². The summed E-state index contributed by atoms with van der Waals surface area (Å²) in [5.41, 5.74) is 9.12. The Kier molecular flexibility index (Phi) is 4.77. The van der Waals surface area contributed by atoms with Crippen molar-refractivity contribution in [3.8, 4) is 10.4 Å². The Hall–Kier alpha value is -2.93. The zero-order valence-electron chi connectivity index (χ0n) is 15.1. The number of benzene rings is 1. The van der Waals surface area contributed by atoms with Crippen molar-refractivity contribution in [2.75, 3.05) is 5.32 Å². The van der Waals surface area contributed by atoms with Crippen LogP contribution >= 0.6 is 11.3 Å². The largest absolute Gasteiger partial charge is 0.481 e. The average Bonchev–Trinajstić information content (AvgIpc) is 3.06. The normalized spacial score (nSPS) is 20.1. The van der Waals surface area contributed by atoms with Crippen molar-refractivity contribution in [2.45, 2.75) is 25.7 Å². The van der Waals surface area contributed by atoms with Gasteiger partial charge in [0.2, 0.25) is 5.91 Å². The second-order valence-electron chi connectivity index (χ2n) is 7.12. The van der Waals surface area contributed by atoms with Crippen molar-refractivity contribution in [3.63, 3.8) is 0 Å². The van der Waals surface area contributed by atoms with Gasteiger partial charge in [0.25, 0.3) is 5.91 Å². The first kappa shape index (κ1) is 18.4. The number of allylic oxidation sites excluding steroid dienone is 2.